The van der Waals surface area contributed by atoms with E-state index in [0.29, 0.717) is 6.04 Å². The first-order valence-electron chi connectivity index (χ1n) is 6.95. The van der Waals surface area contributed by atoms with Gasteiger partial charge in [-0.05, 0) is 45.2 Å². The SMILES string of the molecule is C[C@@H](c1ccccc1)N1CC[C@H](C(C)(C)C(=O)O)C1. The first-order valence-corrected chi connectivity index (χ1v) is 6.95. The Hall–Kier alpha value is -1.35. The van der Waals surface area contributed by atoms with Crippen molar-refractivity contribution in [3.63, 3.8) is 0 Å². The van der Waals surface area contributed by atoms with Crippen molar-refractivity contribution in [1.29, 1.82) is 0 Å². The highest BCUT2D eigenvalue weighted by Gasteiger charge is 2.41. The van der Waals surface area contributed by atoms with Crippen LogP contribution in [0.1, 0.15) is 38.8 Å². The van der Waals surface area contributed by atoms with Gasteiger partial charge in [-0.15, -0.1) is 0 Å². The summed E-state index contributed by atoms with van der Waals surface area (Å²) in [6.07, 6.45) is 0.969. The fourth-order valence-electron chi connectivity index (χ4n) is 2.85. The third-order valence-electron chi connectivity index (χ3n) is 4.62. The van der Waals surface area contributed by atoms with Gasteiger partial charge < -0.3 is 5.11 Å². The summed E-state index contributed by atoms with van der Waals surface area (Å²) in [6.45, 7) is 7.74. The highest BCUT2D eigenvalue weighted by molar-refractivity contribution is 5.74. The molecule has 0 aliphatic carbocycles. The zero-order valence-corrected chi connectivity index (χ0v) is 12.0. The Bertz CT molecular complexity index is 441. The van der Waals surface area contributed by atoms with Crippen molar-refractivity contribution in [2.24, 2.45) is 11.3 Å². The molecule has 2 rings (SSSR count). The van der Waals surface area contributed by atoms with E-state index in [4.69, 9.17) is 0 Å². The second-order valence-electron chi connectivity index (χ2n) is 6.09. The molecule has 0 aromatic heterocycles. The summed E-state index contributed by atoms with van der Waals surface area (Å²) in [4.78, 5) is 13.7. The van der Waals surface area contributed by atoms with E-state index in [0.717, 1.165) is 19.5 Å². The van der Waals surface area contributed by atoms with Crippen molar-refractivity contribution < 1.29 is 9.90 Å². The Morgan fingerprint density at radius 1 is 1.37 bits per heavy atom. The zero-order chi connectivity index (χ0) is 14.0. The van der Waals surface area contributed by atoms with E-state index >= 15 is 0 Å². The van der Waals surface area contributed by atoms with Crippen LogP contribution in [0.4, 0.5) is 0 Å². The van der Waals surface area contributed by atoms with Crippen LogP contribution in [-0.4, -0.2) is 29.1 Å². The summed E-state index contributed by atoms with van der Waals surface area (Å²) in [7, 11) is 0. The summed E-state index contributed by atoms with van der Waals surface area (Å²) in [6, 6.07) is 10.8. The molecular weight excluding hydrogens is 238 g/mol. The number of nitrogens with zero attached hydrogens (tertiary/aromatic N) is 1. The molecule has 0 radical (unpaired) electrons. The topological polar surface area (TPSA) is 40.5 Å². The lowest BCUT2D eigenvalue weighted by atomic mass is 9.78. The number of hydrogen-bond donors (Lipinski definition) is 1. The maximum Gasteiger partial charge on any atom is 0.309 e. The number of carboxylic acid groups (broad SMARTS) is 1. The van der Waals surface area contributed by atoms with Crippen LogP contribution < -0.4 is 0 Å². The first-order chi connectivity index (χ1) is 8.93. The van der Waals surface area contributed by atoms with Crippen LogP contribution in [0, 0.1) is 11.3 Å². The molecule has 0 spiro atoms. The molecule has 104 valence electrons. The molecule has 1 fully saturated rings. The summed E-state index contributed by atoms with van der Waals surface area (Å²) >= 11 is 0. The summed E-state index contributed by atoms with van der Waals surface area (Å²) in [5.74, 6) is -0.456. The van der Waals surface area contributed by atoms with Gasteiger partial charge in [-0.2, -0.15) is 0 Å². The lowest BCUT2D eigenvalue weighted by Gasteiger charge is -2.29. The minimum Gasteiger partial charge on any atom is -0.481 e. The van der Waals surface area contributed by atoms with E-state index in [1.807, 2.05) is 19.9 Å². The lowest BCUT2D eigenvalue weighted by Crippen LogP contribution is -2.35. The van der Waals surface area contributed by atoms with Gasteiger partial charge in [0.2, 0.25) is 0 Å². The molecule has 0 unspecified atom stereocenters. The molecule has 3 nitrogen and oxygen atoms in total. The predicted octanol–water partition coefficient (Wildman–Crippen LogP) is 3.18. The van der Waals surface area contributed by atoms with Gasteiger partial charge in [0.15, 0.2) is 0 Å². The average molecular weight is 261 g/mol. The average Bonchev–Trinajstić information content (AvgIpc) is 2.89. The molecule has 2 atom stereocenters. The van der Waals surface area contributed by atoms with Crippen LogP contribution in [0.15, 0.2) is 30.3 Å². The summed E-state index contributed by atoms with van der Waals surface area (Å²) in [5, 5.41) is 9.33. The van der Waals surface area contributed by atoms with Gasteiger partial charge in [0.25, 0.3) is 0 Å². The first kappa shape index (κ1) is 14.1. The van der Waals surface area contributed by atoms with Crippen LogP contribution in [0.5, 0.6) is 0 Å². The molecule has 1 aromatic rings. The van der Waals surface area contributed by atoms with Crippen molar-refractivity contribution in [3.05, 3.63) is 35.9 Å². The summed E-state index contributed by atoms with van der Waals surface area (Å²) < 4.78 is 0. The van der Waals surface area contributed by atoms with E-state index < -0.39 is 11.4 Å². The molecule has 1 aliphatic rings. The normalized spacial score (nSPS) is 22.4. The van der Waals surface area contributed by atoms with E-state index in [2.05, 4.69) is 36.1 Å². The molecule has 0 bridgehead atoms. The Labute approximate surface area is 115 Å². The number of rotatable bonds is 4. The van der Waals surface area contributed by atoms with Crippen molar-refractivity contribution in [1.82, 2.24) is 4.90 Å². The van der Waals surface area contributed by atoms with Gasteiger partial charge in [0.1, 0.15) is 0 Å². The van der Waals surface area contributed by atoms with Gasteiger partial charge in [-0.3, -0.25) is 9.69 Å². The number of likely N-dealkylation sites (tertiary alicyclic amines) is 1. The summed E-state index contributed by atoms with van der Waals surface area (Å²) in [5.41, 5.74) is 0.668. The number of aliphatic carboxylic acids is 1. The largest absolute Gasteiger partial charge is 0.481 e. The monoisotopic (exact) mass is 261 g/mol. The fraction of sp³-hybridized carbons (Fsp3) is 0.562. The number of hydrogen-bond acceptors (Lipinski definition) is 2. The Morgan fingerprint density at radius 3 is 2.58 bits per heavy atom. The van der Waals surface area contributed by atoms with Gasteiger partial charge in [-0.25, -0.2) is 0 Å². The molecule has 0 saturated carbocycles. The molecule has 0 amide bonds. The Morgan fingerprint density at radius 2 is 2.00 bits per heavy atom. The minimum atomic E-state index is -0.688. The molecule has 3 heteroatoms. The number of carbonyl (C=O) groups is 1. The van der Waals surface area contributed by atoms with Gasteiger partial charge in [-0.1, -0.05) is 30.3 Å². The van der Waals surface area contributed by atoms with Crippen molar-refractivity contribution in [2.75, 3.05) is 13.1 Å². The zero-order valence-electron chi connectivity index (χ0n) is 12.0. The quantitative estimate of drug-likeness (QED) is 0.905. The lowest BCUT2D eigenvalue weighted by molar-refractivity contribution is -0.149. The third kappa shape index (κ3) is 2.81. The van der Waals surface area contributed by atoms with E-state index in [9.17, 15) is 9.90 Å². The molecule has 1 N–H and O–H groups in total. The van der Waals surface area contributed by atoms with Crippen molar-refractivity contribution >= 4 is 5.97 Å². The fourth-order valence-corrected chi connectivity index (χ4v) is 2.85. The van der Waals surface area contributed by atoms with Crippen molar-refractivity contribution in [2.45, 2.75) is 33.2 Å². The Balaban J connectivity index is 2.05. The van der Waals surface area contributed by atoms with Crippen LogP contribution in [-0.2, 0) is 4.79 Å². The van der Waals surface area contributed by atoms with E-state index in [1.54, 1.807) is 0 Å². The maximum atomic E-state index is 11.3. The third-order valence-corrected chi connectivity index (χ3v) is 4.62. The maximum absolute atomic E-state index is 11.3. The molecule has 19 heavy (non-hydrogen) atoms. The minimum absolute atomic E-state index is 0.233. The predicted molar refractivity (Wildman–Crippen MR) is 76.0 cm³/mol. The number of benzene rings is 1. The van der Waals surface area contributed by atoms with Crippen LogP contribution >= 0.6 is 0 Å². The standard InChI is InChI=1S/C16H23NO2/c1-12(13-7-5-4-6-8-13)17-10-9-14(11-17)16(2,3)15(18)19/h4-8,12,14H,9-11H2,1-3H3,(H,18,19)/t12-,14-/m0/s1. The van der Waals surface area contributed by atoms with Gasteiger partial charge in [0.05, 0.1) is 5.41 Å². The molecule has 1 aromatic carbocycles. The molecule has 1 saturated heterocycles. The van der Waals surface area contributed by atoms with E-state index in [-0.39, 0.29) is 5.92 Å². The molecular formula is C16H23NO2. The van der Waals surface area contributed by atoms with Gasteiger partial charge >= 0.3 is 5.97 Å². The Kier molecular flexibility index (Phi) is 3.95. The molecule has 1 aliphatic heterocycles. The second-order valence-corrected chi connectivity index (χ2v) is 6.09. The van der Waals surface area contributed by atoms with Gasteiger partial charge in [0, 0.05) is 12.6 Å². The second kappa shape index (κ2) is 5.33. The van der Waals surface area contributed by atoms with E-state index in [1.165, 1.54) is 5.56 Å². The van der Waals surface area contributed by atoms with Crippen LogP contribution in [0.2, 0.25) is 0 Å². The molecule has 1 heterocycles. The van der Waals surface area contributed by atoms with Crippen LogP contribution in [0.25, 0.3) is 0 Å². The smallest absolute Gasteiger partial charge is 0.309 e. The van der Waals surface area contributed by atoms with Crippen LogP contribution in [0.3, 0.4) is 0 Å². The highest BCUT2D eigenvalue weighted by atomic mass is 16.4. The number of carboxylic acids is 1. The van der Waals surface area contributed by atoms with Crippen molar-refractivity contribution in [3.8, 4) is 0 Å². The highest BCUT2D eigenvalue weighted by Crippen LogP contribution is 2.37.